The molecule has 0 aromatic heterocycles. The van der Waals surface area contributed by atoms with Gasteiger partial charge in [-0.25, -0.2) is 0 Å². The fourth-order valence-corrected chi connectivity index (χ4v) is 1.49. The topological polar surface area (TPSA) is 14.1 Å². The maximum absolute atomic E-state index is 4.48. The van der Waals surface area contributed by atoms with Crippen LogP contribution in [0.4, 0.5) is 0 Å². The molecule has 0 saturated heterocycles. The highest BCUT2D eigenvalue weighted by Crippen LogP contribution is 2.03. The second-order valence-corrected chi connectivity index (χ2v) is 4.35. The molecule has 1 atom stereocenters. The molecule has 0 N–H and O–H groups in total. The fraction of sp³-hybridized carbons (Fsp3) is 0.733. The summed E-state index contributed by atoms with van der Waals surface area (Å²) in [5.74, 6) is 0. The van der Waals surface area contributed by atoms with Gasteiger partial charge >= 0.3 is 0 Å². The van der Waals surface area contributed by atoms with Crippen molar-refractivity contribution in [1.29, 1.82) is 0 Å². The number of unbranched alkanes of at least 4 members (excludes halogenated alkanes) is 4. The van der Waals surface area contributed by atoms with E-state index in [9.17, 15) is 0 Å². The highest BCUT2D eigenvalue weighted by Gasteiger charge is 1.95. The minimum Gasteiger partial charge on any atom is -0.290 e. The van der Waals surface area contributed by atoms with Gasteiger partial charge in [-0.1, -0.05) is 51.3 Å². The average Bonchev–Trinajstić information content (AvgIpc) is 2.28. The summed E-state index contributed by atoms with van der Waals surface area (Å²) in [7, 11) is 0. The van der Waals surface area contributed by atoms with Crippen LogP contribution in [0.1, 0.15) is 65.7 Å². The van der Waals surface area contributed by atoms with Crippen molar-refractivity contribution >= 4 is 0 Å². The van der Waals surface area contributed by atoms with Gasteiger partial charge in [-0.2, -0.15) is 0 Å². The van der Waals surface area contributed by atoms with Crippen molar-refractivity contribution in [1.82, 2.24) is 5.32 Å². The lowest BCUT2D eigenvalue weighted by Crippen LogP contribution is -2.11. The Kier molecular flexibility index (Phi) is 11.8. The van der Waals surface area contributed by atoms with Gasteiger partial charge in [0.1, 0.15) is 0 Å². The Bertz CT molecular complexity index is 182. The number of hydrogen-bond acceptors (Lipinski definition) is 0. The van der Waals surface area contributed by atoms with Crippen molar-refractivity contribution in [3.63, 3.8) is 0 Å². The molecule has 0 aliphatic rings. The van der Waals surface area contributed by atoms with Crippen LogP contribution in [0, 0.1) is 0 Å². The Hall–Kier alpha value is -0.720. The maximum atomic E-state index is 4.48. The number of hydrogen-bond donors (Lipinski definition) is 0. The van der Waals surface area contributed by atoms with E-state index < -0.39 is 0 Å². The highest BCUT2D eigenvalue weighted by molar-refractivity contribution is 4.87. The van der Waals surface area contributed by atoms with E-state index >= 15 is 0 Å². The molecule has 0 aromatic carbocycles. The quantitative estimate of drug-likeness (QED) is 0.372. The van der Waals surface area contributed by atoms with Gasteiger partial charge in [0.2, 0.25) is 0 Å². The van der Waals surface area contributed by atoms with E-state index in [1.54, 1.807) is 0 Å². The van der Waals surface area contributed by atoms with Crippen molar-refractivity contribution in [3.8, 4) is 0 Å². The predicted octanol–water partition coefficient (Wildman–Crippen LogP) is 4.82. The van der Waals surface area contributed by atoms with Gasteiger partial charge in [0.15, 0.2) is 0 Å². The minimum absolute atomic E-state index is 0.426. The van der Waals surface area contributed by atoms with Gasteiger partial charge in [-0.05, 0) is 32.6 Å². The molecule has 0 saturated carbocycles. The van der Waals surface area contributed by atoms with Crippen molar-refractivity contribution in [2.45, 2.75) is 71.8 Å². The summed E-state index contributed by atoms with van der Waals surface area (Å²) in [6.07, 6.45) is 17.3. The Morgan fingerprint density at radius 1 is 1.00 bits per heavy atom. The van der Waals surface area contributed by atoms with E-state index in [4.69, 9.17) is 0 Å². The van der Waals surface area contributed by atoms with Gasteiger partial charge in [0.25, 0.3) is 0 Å². The molecule has 16 heavy (non-hydrogen) atoms. The van der Waals surface area contributed by atoms with E-state index in [1.807, 2.05) is 6.20 Å². The molecule has 0 heterocycles. The van der Waals surface area contributed by atoms with Gasteiger partial charge in [-0.3, -0.25) is 5.32 Å². The smallest absolute Gasteiger partial charge is 0.0505 e. The van der Waals surface area contributed by atoms with Crippen LogP contribution in [0.3, 0.4) is 0 Å². The van der Waals surface area contributed by atoms with E-state index in [0.29, 0.717) is 6.04 Å². The summed E-state index contributed by atoms with van der Waals surface area (Å²) in [5, 5.41) is 4.48. The van der Waals surface area contributed by atoms with Gasteiger partial charge in [-0.15, -0.1) is 0 Å². The lowest BCUT2D eigenvalue weighted by molar-refractivity contribution is 0.630. The van der Waals surface area contributed by atoms with Gasteiger partial charge < -0.3 is 0 Å². The molecule has 0 aliphatic carbocycles. The molecule has 0 aromatic rings. The summed E-state index contributed by atoms with van der Waals surface area (Å²) in [4.78, 5) is 0. The highest BCUT2D eigenvalue weighted by atomic mass is 14.9. The summed E-state index contributed by atoms with van der Waals surface area (Å²) in [5.41, 5.74) is 0. The zero-order valence-electron chi connectivity index (χ0n) is 11.3. The second kappa shape index (κ2) is 12.4. The first-order valence-corrected chi connectivity index (χ1v) is 6.81. The van der Waals surface area contributed by atoms with Crippen molar-refractivity contribution in [2.24, 2.45) is 0 Å². The molecule has 0 bridgehead atoms. The Balaban J connectivity index is 3.33. The van der Waals surface area contributed by atoms with Crippen LogP contribution in [0.2, 0.25) is 0 Å². The zero-order chi connectivity index (χ0) is 12.1. The van der Waals surface area contributed by atoms with E-state index in [0.717, 1.165) is 12.8 Å². The van der Waals surface area contributed by atoms with Crippen molar-refractivity contribution < 1.29 is 0 Å². The molecule has 0 aliphatic heterocycles. The lowest BCUT2D eigenvalue weighted by Gasteiger charge is -2.04. The SMILES string of the molecule is CC/C=C/CC(C)[N]/C=C/CCCCCC. The van der Waals surface area contributed by atoms with Crippen LogP contribution < -0.4 is 5.32 Å². The number of allylic oxidation sites excluding steroid dienone is 2. The van der Waals surface area contributed by atoms with Crippen LogP contribution in [0.15, 0.2) is 24.4 Å². The first kappa shape index (κ1) is 15.3. The van der Waals surface area contributed by atoms with Crippen molar-refractivity contribution in [3.05, 3.63) is 24.4 Å². The summed E-state index contributed by atoms with van der Waals surface area (Å²) in [6, 6.07) is 0.426. The molecule has 1 radical (unpaired) electrons. The second-order valence-electron chi connectivity index (χ2n) is 4.35. The Labute approximate surface area is 102 Å². The van der Waals surface area contributed by atoms with E-state index in [1.165, 1.54) is 32.1 Å². The largest absolute Gasteiger partial charge is 0.290 e. The molecule has 1 unspecified atom stereocenters. The average molecular weight is 222 g/mol. The third kappa shape index (κ3) is 11.4. The third-order valence-corrected chi connectivity index (χ3v) is 2.55. The molecule has 0 rings (SSSR count). The molecule has 1 heteroatoms. The normalized spacial score (nSPS) is 13.7. The minimum atomic E-state index is 0.426. The predicted molar refractivity (Wildman–Crippen MR) is 73.5 cm³/mol. The number of rotatable bonds is 10. The monoisotopic (exact) mass is 222 g/mol. The van der Waals surface area contributed by atoms with Crippen molar-refractivity contribution in [2.75, 3.05) is 0 Å². The van der Waals surface area contributed by atoms with Gasteiger partial charge in [0.05, 0.1) is 6.04 Å². The van der Waals surface area contributed by atoms with E-state index in [2.05, 4.69) is 44.3 Å². The molecule has 1 nitrogen and oxygen atoms in total. The summed E-state index contributed by atoms with van der Waals surface area (Å²) < 4.78 is 0. The van der Waals surface area contributed by atoms with Crippen LogP contribution in [-0.4, -0.2) is 6.04 Å². The molecule has 0 fully saturated rings. The molecule has 93 valence electrons. The first-order valence-electron chi connectivity index (χ1n) is 6.81. The molecular formula is C15H28N. The lowest BCUT2D eigenvalue weighted by atomic mass is 10.1. The summed E-state index contributed by atoms with van der Waals surface area (Å²) in [6.45, 7) is 6.58. The standard InChI is InChI=1S/C15H28N/c1-4-6-8-9-10-12-14-16-15(3)13-11-7-5-2/h7,11-12,14-15H,4-6,8-10,13H2,1-3H3/b11-7+,14-12+. The van der Waals surface area contributed by atoms with Crippen LogP contribution >= 0.6 is 0 Å². The fourth-order valence-electron chi connectivity index (χ4n) is 1.49. The van der Waals surface area contributed by atoms with Gasteiger partial charge in [0, 0.05) is 6.20 Å². The zero-order valence-corrected chi connectivity index (χ0v) is 11.3. The van der Waals surface area contributed by atoms with Crippen LogP contribution in [-0.2, 0) is 0 Å². The Morgan fingerprint density at radius 3 is 2.50 bits per heavy atom. The summed E-state index contributed by atoms with van der Waals surface area (Å²) >= 11 is 0. The molecule has 0 amide bonds. The number of nitrogens with zero attached hydrogens (tertiary/aromatic N) is 1. The third-order valence-electron chi connectivity index (χ3n) is 2.55. The maximum Gasteiger partial charge on any atom is 0.0505 e. The molecule has 0 spiro atoms. The van der Waals surface area contributed by atoms with Crippen LogP contribution in [0.5, 0.6) is 0 Å². The molecular weight excluding hydrogens is 194 g/mol. The Morgan fingerprint density at radius 2 is 1.81 bits per heavy atom. The first-order chi connectivity index (χ1) is 7.81. The van der Waals surface area contributed by atoms with Crippen LogP contribution in [0.25, 0.3) is 0 Å². The van der Waals surface area contributed by atoms with E-state index in [-0.39, 0.29) is 0 Å².